The minimum absolute atomic E-state index is 0.173. The second-order valence-electron chi connectivity index (χ2n) is 7.15. The number of urea groups is 2. The van der Waals surface area contributed by atoms with Crippen LogP contribution in [0.2, 0.25) is 0 Å². The smallest absolute Gasteiger partial charge is 0.326 e. The third-order valence-electron chi connectivity index (χ3n) is 4.23. The Morgan fingerprint density at radius 3 is 2.38 bits per heavy atom. The molecule has 0 aliphatic carbocycles. The van der Waals surface area contributed by atoms with Crippen LogP contribution < -0.4 is 16.0 Å². The van der Waals surface area contributed by atoms with Gasteiger partial charge in [0.1, 0.15) is 12.1 Å². The third-order valence-corrected chi connectivity index (χ3v) is 4.23. The van der Waals surface area contributed by atoms with Crippen molar-refractivity contribution in [1.29, 1.82) is 0 Å². The monoisotopic (exact) mass is 404 g/mol. The lowest BCUT2D eigenvalue weighted by Gasteiger charge is -2.22. The first-order valence-corrected chi connectivity index (χ1v) is 9.00. The number of amides is 6. The van der Waals surface area contributed by atoms with Crippen molar-refractivity contribution < 1.29 is 28.7 Å². The summed E-state index contributed by atoms with van der Waals surface area (Å²) in [6, 6.07) is 5.44. The van der Waals surface area contributed by atoms with Crippen molar-refractivity contribution in [2.24, 2.45) is 0 Å². The standard InChI is InChI=1S/C19H24N4O6/c1-11(2)20-17(27)21-14(24)10-29-15(25)9-23-16(26)19(4,22-18(23)28)13-7-5-12(3)6-8-13/h5-8,11H,9-10H2,1-4H3,(H,22,28)(H2,20,21,24,27)/t19-/m1/s1. The summed E-state index contributed by atoms with van der Waals surface area (Å²) >= 11 is 0. The zero-order chi connectivity index (χ0) is 21.8. The van der Waals surface area contributed by atoms with Gasteiger partial charge < -0.3 is 15.4 Å². The van der Waals surface area contributed by atoms with Crippen LogP contribution in [0.25, 0.3) is 0 Å². The van der Waals surface area contributed by atoms with E-state index in [1.807, 2.05) is 24.4 Å². The Hall–Kier alpha value is -3.43. The van der Waals surface area contributed by atoms with Crippen LogP contribution in [0.5, 0.6) is 0 Å². The van der Waals surface area contributed by atoms with Crippen LogP contribution in [0.1, 0.15) is 31.9 Å². The largest absolute Gasteiger partial charge is 0.454 e. The zero-order valence-electron chi connectivity index (χ0n) is 16.7. The lowest BCUT2D eigenvalue weighted by molar-refractivity contribution is -0.150. The van der Waals surface area contributed by atoms with Crippen LogP contribution >= 0.6 is 0 Å². The summed E-state index contributed by atoms with van der Waals surface area (Å²) in [5, 5.41) is 7.01. The second kappa shape index (κ2) is 8.72. The lowest BCUT2D eigenvalue weighted by Crippen LogP contribution is -2.44. The number of aryl methyl sites for hydroxylation is 1. The van der Waals surface area contributed by atoms with Crippen molar-refractivity contribution in [3.63, 3.8) is 0 Å². The highest BCUT2D eigenvalue weighted by molar-refractivity contribution is 6.09. The van der Waals surface area contributed by atoms with Gasteiger partial charge in [-0.1, -0.05) is 29.8 Å². The summed E-state index contributed by atoms with van der Waals surface area (Å²) in [6.07, 6.45) is 0. The average Bonchev–Trinajstić information content (AvgIpc) is 2.84. The molecule has 1 atom stereocenters. The Labute approximate surface area is 168 Å². The van der Waals surface area contributed by atoms with E-state index in [9.17, 15) is 24.0 Å². The molecule has 6 amide bonds. The molecule has 2 rings (SSSR count). The van der Waals surface area contributed by atoms with E-state index in [1.54, 1.807) is 32.9 Å². The quantitative estimate of drug-likeness (QED) is 0.468. The van der Waals surface area contributed by atoms with Gasteiger partial charge in [-0.2, -0.15) is 0 Å². The highest BCUT2D eigenvalue weighted by atomic mass is 16.5. The fourth-order valence-electron chi connectivity index (χ4n) is 2.70. The van der Waals surface area contributed by atoms with Gasteiger partial charge in [-0.15, -0.1) is 0 Å². The summed E-state index contributed by atoms with van der Waals surface area (Å²) in [5.41, 5.74) is 0.264. The fraction of sp³-hybridized carbons (Fsp3) is 0.421. The van der Waals surface area contributed by atoms with Gasteiger partial charge in [0.2, 0.25) is 0 Å². The molecule has 0 radical (unpaired) electrons. The van der Waals surface area contributed by atoms with Gasteiger partial charge in [0.25, 0.3) is 11.8 Å². The van der Waals surface area contributed by atoms with E-state index in [4.69, 9.17) is 4.74 Å². The molecule has 1 fully saturated rings. The Balaban J connectivity index is 1.92. The highest BCUT2D eigenvalue weighted by Crippen LogP contribution is 2.28. The molecule has 1 aliphatic heterocycles. The van der Waals surface area contributed by atoms with Gasteiger partial charge >= 0.3 is 18.0 Å². The number of esters is 1. The maximum absolute atomic E-state index is 12.7. The van der Waals surface area contributed by atoms with Crippen LogP contribution in [0.4, 0.5) is 9.59 Å². The van der Waals surface area contributed by atoms with Gasteiger partial charge in [-0.3, -0.25) is 24.6 Å². The SMILES string of the molecule is Cc1ccc([C@@]2(C)NC(=O)N(CC(=O)OCC(=O)NC(=O)NC(C)C)C2=O)cc1. The van der Waals surface area contributed by atoms with E-state index >= 15 is 0 Å². The van der Waals surface area contributed by atoms with Gasteiger partial charge in [-0.05, 0) is 33.3 Å². The Morgan fingerprint density at radius 1 is 1.17 bits per heavy atom. The number of ether oxygens (including phenoxy) is 1. The van der Waals surface area contributed by atoms with Crippen molar-refractivity contribution >= 4 is 29.8 Å². The van der Waals surface area contributed by atoms with E-state index in [2.05, 4.69) is 10.6 Å². The molecule has 3 N–H and O–H groups in total. The second-order valence-corrected chi connectivity index (χ2v) is 7.15. The van der Waals surface area contributed by atoms with Crippen molar-refractivity contribution in [3.05, 3.63) is 35.4 Å². The van der Waals surface area contributed by atoms with Crippen molar-refractivity contribution in [1.82, 2.24) is 20.9 Å². The van der Waals surface area contributed by atoms with E-state index < -0.39 is 48.5 Å². The van der Waals surface area contributed by atoms with Crippen LogP contribution in [0.15, 0.2) is 24.3 Å². The molecule has 10 nitrogen and oxygen atoms in total. The Morgan fingerprint density at radius 2 is 1.79 bits per heavy atom. The molecule has 0 unspecified atom stereocenters. The summed E-state index contributed by atoms with van der Waals surface area (Å²) in [7, 11) is 0. The van der Waals surface area contributed by atoms with Crippen LogP contribution in [0.3, 0.4) is 0 Å². The molecular formula is C19H24N4O6. The maximum atomic E-state index is 12.7. The molecule has 29 heavy (non-hydrogen) atoms. The molecule has 0 spiro atoms. The molecule has 1 aromatic carbocycles. The normalized spacial score (nSPS) is 18.4. The van der Waals surface area contributed by atoms with Crippen LogP contribution in [-0.2, 0) is 24.7 Å². The molecule has 10 heteroatoms. The maximum Gasteiger partial charge on any atom is 0.326 e. The number of carbonyl (C=O) groups excluding carboxylic acids is 5. The predicted octanol–water partition coefficient (Wildman–Crippen LogP) is 0.539. The van der Waals surface area contributed by atoms with Crippen LogP contribution in [0, 0.1) is 6.92 Å². The molecule has 1 heterocycles. The molecule has 1 aliphatic rings. The van der Waals surface area contributed by atoms with E-state index in [1.165, 1.54) is 0 Å². The first kappa shape index (κ1) is 21.9. The first-order chi connectivity index (χ1) is 13.5. The summed E-state index contributed by atoms with van der Waals surface area (Å²) in [4.78, 5) is 60.7. The van der Waals surface area contributed by atoms with Gasteiger partial charge in [-0.25, -0.2) is 9.59 Å². The topological polar surface area (TPSA) is 134 Å². The number of carbonyl (C=O) groups is 5. The van der Waals surface area contributed by atoms with E-state index in [-0.39, 0.29) is 6.04 Å². The number of nitrogens with zero attached hydrogens (tertiary/aromatic N) is 1. The molecule has 1 saturated heterocycles. The molecule has 0 saturated carbocycles. The van der Waals surface area contributed by atoms with Gasteiger partial charge in [0, 0.05) is 6.04 Å². The Bertz CT molecular complexity index is 836. The number of rotatable bonds is 6. The predicted molar refractivity (Wildman–Crippen MR) is 102 cm³/mol. The number of nitrogens with one attached hydrogen (secondary N) is 3. The highest BCUT2D eigenvalue weighted by Gasteiger charge is 2.49. The lowest BCUT2D eigenvalue weighted by atomic mass is 9.91. The summed E-state index contributed by atoms with van der Waals surface area (Å²) in [5.74, 6) is -2.40. The summed E-state index contributed by atoms with van der Waals surface area (Å²) in [6.45, 7) is 5.50. The molecule has 0 aromatic heterocycles. The van der Waals surface area contributed by atoms with Gasteiger partial charge in [0.15, 0.2) is 6.61 Å². The van der Waals surface area contributed by atoms with Crippen molar-refractivity contribution in [3.8, 4) is 0 Å². The number of imide groups is 2. The van der Waals surface area contributed by atoms with Crippen molar-refractivity contribution in [2.45, 2.75) is 39.3 Å². The zero-order valence-corrected chi connectivity index (χ0v) is 16.7. The number of hydrogen-bond donors (Lipinski definition) is 3. The first-order valence-electron chi connectivity index (χ1n) is 9.00. The molecule has 1 aromatic rings. The van der Waals surface area contributed by atoms with Gasteiger partial charge in [0.05, 0.1) is 0 Å². The average molecular weight is 404 g/mol. The molecule has 0 bridgehead atoms. The number of benzene rings is 1. The van der Waals surface area contributed by atoms with Crippen LogP contribution in [-0.4, -0.2) is 53.9 Å². The Kier molecular flexibility index (Phi) is 6.57. The minimum atomic E-state index is -1.31. The molecular weight excluding hydrogens is 380 g/mol. The molecule has 156 valence electrons. The fourth-order valence-corrected chi connectivity index (χ4v) is 2.70. The van der Waals surface area contributed by atoms with Crippen molar-refractivity contribution in [2.75, 3.05) is 13.2 Å². The third kappa shape index (κ3) is 5.31. The number of hydrogen-bond acceptors (Lipinski definition) is 6. The minimum Gasteiger partial charge on any atom is -0.454 e. The van der Waals surface area contributed by atoms with E-state index in [0.717, 1.165) is 10.5 Å². The van der Waals surface area contributed by atoms with E-state index in [0.29, 0.717) is 5.56 Å². The summed E-state index contributed by atoms with van der Waals surface area (Å²) < 4.78 is 4.75.